The first kappa shape index (κ1) is 8.16. The van der Waals surface area contributed by atoms with E-state index in [1.807, 2.05) is 12.2 Å². The van der Waals surface area contributed by atoms with Crippen LogP contribution < -0.4 is 0 Å². The molecule has 0 radical (unpaired) electrons. The second kappa shape index (κ2) is 2.25. The van der Waals surface area contributed by atoms with Crippen LogP contribution >= 0.6 is 0 Å². The highest BCUT2D eigenvalue weighted by atomic mass is 16.5. The maximum Gasteiger partial charge on any atom is 0.110 e. The van der Waals surface area contributed by atoms with Crippen molar-refractivity contribution in [2.45, 2.75) is 13.8 Å². The second-order valence-electron chi connectivity index (χ2n) is 4.71. The molecule has 0 aromatic carbocycles. The second-order valence-corrected chi connectivity index (χ2v) is 4.71. The van der Waals surface area contributed by atoms with Crippen molar-refractivity contribution in [2.75, 3.05) is 13.2 Å². The molecule has 0 N–H and O–H groups in total. The molecule has 2 fully saturated rings. The van der Waals surface area contributed by atoms with Gasteiger partial charge in [0.2, 0.25) is 0 Å². The Morgan fingerprint density at radius 1 is 1.00 bits per heavy atom. The van der Waals surface area contributed by atoms with Gasteiger partial charge in [-0.3, -0.25) is 0 Å². The summed E-state index contributed by atoms with van der Waals surface area (Å²) in [6.07, 6.45) is 8.15. The molecule has 3 rings (SSSR count). The third-order valence-corrected chi connectivity index (χ3v) is 3.89. The molecule has 0 amide bonds. The maximum atomic E-state index is 5.77. The van der Waals surface area contributed by atoms with Crippen LogP contribution in [0.3, 0.4) is 0 Å². The van der Waals surface area contributed by atoms with E-state index in [1.165, 1.54) is 0 Å². The SMILES string of the molecule is CC12COC3=CC=CC=C(OC1)C32C. The Balaban J connectivity index is 2.25. The monoisotopic (exact) mass is 190 g/mol. The fraction of sp³-hybridized carbons (Fsp3) is 0.500. The van der Waals surface area contributed by atoms with E-state index in [2.05, 4.69) is 26.0 Å². The van der Waals surface area contributed by atoms with Crippen molar-refractivity contribution in [3.05, 3.63) is 35.8 Å². The molecule has 0 aromatic heterocycles. The molecule has 0 saturated carbocycles. The van der Waals surface area contributed by atoms with Crippen molar-refractivity contribution >= 4 is 0 Å². The predicted octanol–water partition coefficient (Wildman–Crippen LogP) is 2.40. The summed E-state index contributed by atoms with van der Waals surface area (Å²) in [6, 6.07) is 0. The minimum Gasteiger partial charge on any atom is -0.496 e. The lowest BCUT2D eigenvalue weighted by Gasteiger charge is -2.27. The molecule has 0 unspecified atom stereocenters. The Hall–Kier alpha value is -1.18. The average Bonchev–Trinajstić information content (AvgIpc) is 2.49. The Labute approximate surface area is 83.9 Å². The molecule has 0 atom stereocenters. The predicted molar refractivity (Wildman–Crippen MR) is 53.4 cm³/mol. The normalized spacial score (nSPS) is 43.3. The van der Waals surface area contributed by atoms with Gasteiger partial charge in [-0.1, -0.05) is 19.1 Å². The Kier molecular flexibility index (Phi) is 1.31. The van der Waals surface area contributed by atoms with Gasteiger partial charge in [-0.25, -0.2) is 0 Å². The summed E-state index contributed by atoms with van der Waals surface area (Å²) in [5.74, 6) is 2.11. The number of hydrogen-bond donors (Lipinski definition) is 0. The first-order chi connectivity index (χ1) is 6.67. The molecule has 3 aliphatic rings. The van der Waals surface area contributed by atoms with Crippen LogP contribution in [-0.2, 0) is 9.47 Å². The quantitative estimate of drug-likeness (QED) is 0.584. The summed E-state index contributed by atoms with van der Waals surface area (Å²) in [4.78, 5) is 0. The molecule has 14 heavy (non-hydrogen) atoms. The van der Waals surface area contributed by atoms with E-state index >= 15 is 0 Å². The highest BCUT2D eigenvalue weighted by molar-refractivity contribution is 5.39. The number of allylic oxidation sites excluding steroid dienone is 4. The van der Waals surface area contributed by atoms with Crippen LogP contribution in [0.2, 0.25) is 0 Å². The molecule has 74 valence electrons. The summed E-state index contributed by atoms with van der Waals surface area (Å²) in [5, 5.41) is 0. The van der Waals surface area contributed by atoms with Gasteiger partial charge < -0.3 is 9.47 Å². The molecule has 2 saturated heterocycles. The molecule has 0 aromatic rings. The summed E-state index contributed by atoms with van der Waals surface area (Å²) in [7, 11) is 0. The van der Waals surface area contributed by atoms with E-state index in [4.69, 9.17) is 9.47 Å². The summed E-state index contributed by atoms with van der Waals surface area (Å²) >= 11 is 0. The first-order valence-corrected chi connectivity index (χ1v) is 5.02. The zero-order valence-corrected chi connectivity index (χ0v) is 8.54. The van der Waals surface area contributed by atoms with E-state index < -0.39 is 0 Å². The van der Waals surface area contributed by atoms with Crippen molar-refractivity contribution < 1.29 is 9.47 Å². The maximum absolute atomic E-state index is 5.77. The van der Waals surface area contributed by atoms with Crippen LogP contribution in [0.5, 0.6) is 0 Å². The third-order valence-electron chi connectivity index (χ3n) is 3.89. The van der Waals surface area contributed by atoms with E-state index in [-0.39, 0.29) is 10.8 Å². The molecule has 2 aliphatic heterocycles. The molecule has 0 spiro atoms. The van der Waals surface area contributed by atoms with Gasteiger partial charge in [-0.15, -0.1) is 0 Å². The average molecular weight is 190 g/mol. The number of rotatable bonds is 0. The van der Waals surface area contributed by atoms with Crippen molar-refractivity contribution in [1.82, 2.24) is 0 Å². The first-order valence-electron chi connectivity index (χ1n) is 5.02. The lowest BCUT2D eigenvalue weighted by molar-refractivity contribution is 0.130. The van der Waals surface area contributed by atoms with Crippen LogP contribution in [0.4, 0.5) is 0 Å². The van der Waals surface area contributed by atoms with Gasteiger partial charge in [0.1, 0.15) is 11.5 Å². The number of hydrogen-bond acceptors (Lipinski definition) is 2. The summed E-state index contributed by atoms with van der Waals surface area (Å²) in [6.45, 7) is 5.98. The van der Waals surface area contributed by atoms with Gasteiger partial charge in [0.05, 0.1) is 24.0 Å². The third kappa shape index (κ3) is 0.692. The van der Waals surface area contributed by atoms with Gasteiger partial charge in [-0.05, 0) is 19.1 Å². The minimum atomic E-state index is -0.0451. The van der Waals surface area contributed by atoms with Crippen molar-refractivity contribution in [2.24, 2.45) is 10.8 Å². The Bertz CT molecular complexity index is 346. The van der Waals surface area contributed by atoms with Gasteiger partial charge in [0.15, 0.2) is 0 Å². The van der Waals surface area contributed by atoms with Crippen molar-refractivity contribution in [1.29, 1.82) is 0 Å². The van der Waals surface area contributed by atoms with Crippen LogP contribution in [0.25, 0.3) is 0 Å². The van der Waals surface area contributed by atoms with Crippen LogP contribution in [-0.4, -0.2) is 13.2 Å². The molecular weight excluding hydrogens is 176 g/mol. The summed E-state index contributed by atoms with van der Waals surface area (Å²) < 4.78 is 11.5. The van der Waals surface area contributed by atoms with Crippen LogP contribution in [0.1, 0.15) is 13.8 Å². The number of ether oxygens (including phenoxy) is 2. The van der Waals surface area contributed by atoms with Crippen LogP contribution in [0, 0.1) is 10.8 Å². The lowest BCUT2D eigenvalue weighted by Crippen LogP contribution is -2.32. The minimum absolute atomic E-state index is 0.0451. The van der Waals surface area contributed by atoms with Gasteiger partial charge in [-0.2, -0.15) is 0 Å². The van der Waals surface area contributed by atoms with Gasteiger partial charge in [0.25, 0.3) is 0 Å². The largest absolute Gasteiger partial charge is 0.496 e. The van der Waals surface area contributed by atoms with Crippen molar-refractivity contribution in [3.63, 3.8) is 0 Å². The van der Waals surface area contributed by atoms with E-state index in [9.17, 15) is 0 Å². The van der Waals surface area contributed by atoms with E-state index in [0.29, 0.717) is 0 Å². The molecule has 1 aliphatic carbocycles. The van der Waals surface area contributed by atoms with Crippen molar-refractivity contribution in [3.8, 4) is 0 Å². The van der Waals surface area contributed by atoms with E-state index in [1.54, 1.807) is 0 Å². The zero-order chi connectivity index (χ0) is 9.81. The molecular formula is C12H14O2. The van der Waals surface area contributed by atoms with Crippen LogP contribution in [0.15, 0.2) is 35.8 Å². The van der Waals surface area contributed by atoms with Gasteiger partial charge in [0, 0.05) is 0 Å². The van der Waals surface area contributed by atoms with Gasteiger partial charge >= 0.3 is 0 Å². The molecule has 2 heteroatoms. The highest BCUT2D eigenvalue weighted by Gasteiger charge is 2.61. The van der Waals surface area contributed by atoms with E-state index in [0.717, 1.165) is 24.7 Å². The topological polar surface area (TPSA) is 18.5 Å². The summed E-state index contributed by atoms with van der Waals surface area (Å²) in [5.41, 5.74) is 0.0627. The fourth-order valence-corrected chi connectivity index (χ4v) is 2.52. The Morgan fingerprint density at radius 2 is 1.50 bits per heavy atom. The fourth-order valence-electron chi connectivity index (χ4n) is 2.52. The lowest BCUT2D eigenvalue weighted by atomic mass is 9.68. The highest BCUT2D eigenvalue weighted by Crippen LogP contribution is 2.60. The molecule has 0 bridgehead atoms. The standard InChI is InChI=1S/C12H14O2/c1-11-7-13-9-5-3-4-6-10(14-8-11)12(9,11)2/h3-6H,7-8H2,1-2H3. The Morgan fingerprint density at radius 3 is 2.00 bits per heavy atom. The zero-order valence-electron chi connectivity index (χ0n) is 8.54. The molecule has 2 nitrogen and oxygen atoms in total. The smallest absolute Gasteiger partial charge is 0.110 e. The molecule has 2 heterocycles.